The van der Waals surface area contributed by atoms with Crippen LogP contribution in [0.15, 0.2) is 48.5 Å². The first-order valence-corrected chi connectivity index (χ1v) is 9.10. The predicted octanol–water partition coefficient (Wildman–Crippen LogP) is 3.58. The van der Waals surface area contributed by atoms with Crippen LogP contribution in [-0.2, 0) is 0 Å². The van der Waals surface area contributed by atoms with Gasteiger partial charge in [0.2, 0.25) is 5.69 Å². The van der Waals surface area contributed by atoms with Gasteiger partial charge >= 0.3 is 5.97 Å². The van der Waals surface area contributed by atoms with E-state index >= 15 is 0 Å². The van der Waals surface area contributed by atoms with Gasteiger partial charge in [-0.15, -0.1) is 15.0 Å². The van der Waals surface area contributed by atoms with Crippen molar-refractivity contribution < 1.29 is 9.90 Å². The molecule has 3 aromatic rings. The number of nitrogens with zero attached hydrogens (tertiary/aromatic N) is 4. The third-order valence-electron chi connectivity index (χ3n) is 4.99. The summed E-state index contributed by atoms with van der Waals surface area (Å²) in [6.45, 7) is 5.52. The standard InChI is InChI=1S/C21H22N4O2/c1-14-10-15(2)12-18(11-14)25-22-19(21(26)27)20(23-25)24-9-8-17(13-24)16-6-4-3-5-7-16/h3-7,10-12,17H,8-9,13H2,1-2H3,(H,26,27). The molecule has 1 atom stereocenters. The number of aromatic carboxylic acids is 1. The highest BCUT2D eigenvalue weighted by molar-refractivity contribution is 5.91. The first-order valence-electron chi connectivity index (χ1n) is 9.10. The average Bonchev–Trinajstić information content (AvgIpc) is 3.29. The number of hydrogen-bond acceptors (Lipinski definition) is 4. The molecule has 27 heavy (non-hydrogen) atoms. The molecule has 2 aromatic carbocycles. The van der Waals surface area contributed by atoms with Crippen molar-refractivity contribution in [1.82, 2.24) is 15.0 Å². The van der Waals surface area contributed by atoms with Gasteiger partial charge in [-0.1, -0.05) is 36.4 Å². The Bertz CT molecular complexity index is 961. The molecule has 1 aliphatic rings. The van der Waals surface area contributed by atoms with E-state index in [1.807, 2.05) is 49.1 Å². The average molecular weight is 362 g/mol. The summed E-state index contributed by atoms with van der Waals surface area (Å²) in [5.74, 6) is -0.233. The van der Waals surface area contributed by atoms with Crippen LogP contribution in [0.25, 0.3) is 5.69 Å². The summed E-state index contributed by atoms with van der Waals surface area (Å²) in [5.41, 5.74) is 4.23. The van der Waals surface area contributed by atoms with Gasteiger partial charge in [0, 0.05) is 19.0 Å². The molecule has 1 N–H and O–H groups in total. The molecule has 138 valence electrons. The van der Waals surface area contributed by atoms with Crippen LogP contribution < -0.4 is 4.90 Å². The zero-order valence-electron chi connectivity index (χ0n) is 15.5. The van der Waals surface area contributed by atoms with Crippen LogP contribution in [0.5, 0.6) is 0 Å². The maximum absolute atomic E-state index is 11.8. The van der Waals surface area contributed by atoms with Crippen LogP contribution in [0, 0.1) is 13.8 Å². The molecule has 6 nitrogen and oxygen atoms in total. The van der Waals surface area contributed by atoms with Gasteiger partial charge < -0.3 is 10.0 Å². The number of carboxylic acid groups (broad SMARTS) is 1. The fraction of sp³-hybridized carbons (Fsp3) is 0.286. The molecule has 0 saturated carbocycles. The Kier molecular flexibility index (Phi) is 4.39. The third-order valence-corrected chi connectivity index (χ3v) is 4.99. The maximum atomic E-state index is 11.8. The lowest BCUT2D eigenvalue weighted by atomic mass is 9.99. The van der Waals surface area contributed by atoms with E-state index in [0.29, 0.717) is 11.7 Å². The summed E-state index contributed by atoms with van der Waals surface area (Å²) in [6.07, 6.45) is 0.972. The molecule has 1 aliphatic heterocycles. The molecule has 6 heteroatoms. The molecule has 1 saturated heterocycles. The largest absolute Gasteiger partial charge is 0.476 e. The first kappa shape index (κ1) is 17.3. The van der Waals surface area contributed by atoms with E-state index < -0.39 is 5.97 Å². The highest BCUT2D eigenvalue weighted by atomic mass is 16.4. The Hall–Kier alpha value is -3.15. The molecule has 4 rings (SSSR count). The number of anilines is 1. The van der Waals surface area contributed by atoms with Crippen molar-refractivity contribution in [3.8, 4) is 5.69 Å². The van der Waals surface area contributed by atoms with Gasteiger partial charge in [-0.2, -0.15) is 0 Å². The van der Waals surface area contributed by atoms with E-state index in [1.54, 1.807) is 0 Å². The minimum absolute atomic E-state index is 0.00266. The number of aryl methyl sites for hydroxylation is 2. The molecule has 0 aliphatic carbocycles. The van der Waals surface area contributed by atoms with Gasteiger partial charge in [-0.3, -0.25) is 0 Å². The number of rotatable bonds is 4. The van der Waals surface area contributed by atoms with Crippen molar-refractivity contribution in [2.45, 2.75) is 26.2 Å². The smallest absolute Gasteiger partial charge is 0.360 e. The fourth-order valence-corrected chi connectivity index (χ4v) is 3.78. The second-order valence-corrected chi connectivity index (χ2v) is 7.16. The second kappa shape index (κ2) is 6.87. The summed E-state index contributed by atoms with van der Waals surface area (Å²) in [4.78, 5) is 15.2. The number of carboxylic acids is 1. The summed E-state index contributed by atoms with van der Waals surface area (Å²) >= 11 is 0. The SMILES string of the molecule is Cc1cc(C)cc(-n2nc(C(=O)O)c(N3CCC(c4ccccc4)C3)n2)c1. The van der Waals surface area contributed by atoms with Crippen LogP contribution in [0.2, 0.25) is 0 Å². The lowest BCUT2D eigenvalue weighted by Crippen LogP contribution is -2.22. The Labute approximate surface area is 158 Å². The second-order valence-electron chi connectivity index (χ2n) is 7.16. The minimum atomic E-state index is -1.05. The van der Waals surface area contributed by atoms with Gasteiger partial charge in [0.1, 0.15) is 0 Å². The molecule has 0 bridgehead atoms. The van der Waals surface area contributed by atoms with Crippen LogP contribution in [0.4, 0.5) is 5.82 Å². The quantitative estimate of drug-likeness (QED) is 0.768. The highest BCUT2D eigenvalue weighted by Crippen LogP contribution is 2.31. The molecule has 0 radical (unpaired) electrons. The van der Waals surface area contributed by atoms with E-state index in [-0.39, 0.29) is 5.69 Å². The normalized spacial score (nSPS) is 16.7. The van der Waals surface area contributed by atoms with Crippen LogP contribution in [-0.4, -0.2) is 39.2 Å². The number of carbonyl (C=O) groups is 1. The molecular formula is C21H22N4O2. The zero-order valence-corrected chi connectivity index (χ0v) is 15.5. The highest BCUT2D eigenvalue weighted by Gasteiger charge is 2.30. The van der Waals surface area contributed by atoms with E-state index in [4.69, 9.17) is 0 Å². The van der Waals surface area contributed by atoms with Crippen molar-refractivity contribution in [2.75, 3.05) is 18.0 Å². The Morgan fingerprint density at radius 2 is 1.78 bits per heavy atom. The van der Waals surface area contributed by atoms with E-state index in [2.05, 4.69) is 28.4 Å². The maximum Gasteiger partial charge on any atom is 0.360 e. The Morgan fingerprint density at radius 3 is 2.44 bits per heavy atom. The van der Waals surface area contributed by atoms with Crippen LogP contribution >= 0.6 is 0 Å². The summed E-state index contributed by atoms with van der Waals surface area (Å²) in [5, 5.41) is 18.4. The van der Waals surface area contributed by atoms with Crippen molar-refractivity contribution in [3.63, 3.8) is 0 Å². The zero-order chi connectivity index (χ0) is 19.0. The molecule has 1 fully saturated rings. The van der Waals surface area contributed by atoms with Gasteiger partial charge in [-0.05, 0) is 49.1 Å². The molecule has 2 heterocycles. The minimum Gasteiger partial charge on any atom is -0.476 e. The summed E-state index contributed by atoms with van der Waals surface area (Å²) in [6, 6.07) is 16.3. The van der Waals surface area contributed by atoms with E-state index in [0.717, 1.165) is 36.3 Å². The number of aromatic nitrogens is 3. The molecule has 0 spiro atoms. The van der Waals surface area contributed by atoms with Gasteiger partial charge in [-0.25, -0.2) is 4.79 Å². The van der Waals surface area contributed by atoms with Crippen molar-refractivity contribution in [2.24, 2.45) is 0 Å². The Morgan fingerprint density at radius 1 is 1.07 bits per heavy atom. The predicted molar refractivity (Wildman–Crippen MR) is 104 cm³/mol. The van der Waals surface area contributed by atoms with Gasteiger partial charge in [0.15, 0.2) is 5.82 Å². The molecule has 0 amide bonds. The van der Waals surface area contributed by atoms with Crippen LogP contribution in [0.3, 0.4) is 0 Å². The van der Waals surface area contributed by atoms with Crippen molar-refractivity contribution in [1.29, 1.82) is 0 Å². The fourth-order valence-electron chi connectivity index (χ4n) is 3.78. The van der Waals surface area contributed by atoms with E-state index in [9.17, 15) is 9.90 Å². The monoisotopic (exact) mass is 362 g/mol. The molecule has 1 unspecified atom stereocenters. The van der Waals surface area contributed by atoms with Gasteiger partial charge in [0.05, 0.1) is 5.69 Å². The van der Waals surface area contributed by atoms with Crippen molar-refractivity contribution in [3.05, 3.63) is 70.9 Å². The van der Waals surface area contributed by atoms with Gasteiger partial charge in [0.25, 0.3) is 0 Å². The summed E-state index contributed by atoms with van der Waals surface area (Å²) < 4.78 is 0. The van der Waals surface area contributed by atoms with Crippen LogP contribution in [0.1, 0.15) is 39.5 Å². The topological polar surface area (TPSA) is 71.2 Å². The summed E-state index contributed by atoms with van der Waals surface area (Å²) in [7, 11) is 0. The molecular weight excluding hydrogens is 340 g/mol. The first-order chi connectivity index (χ1) is 13.0. The number of benzene rings is 2. The lowest BCUT2D eigenvalue weighted by molar-refractivity contribution is 0.0690. The van der Waals surface area contributed by atoms with E-state index in [1.165, 1.54) is 10.4 Å². The lowest BCUT2D eigenvalue weighted by Gasteiger charge is -2.16. The number of hydrogen-bond donors (Lipinski definition) is 1. The molecule has 1 aromatic heterocycles. The third kappa shape index (κ3) is 3.43. The Balaban J connectivity index is 1.67. The van der Waals surface area contributed by atoms with Crippen molar-refractivity contribution >= 4 is 11.8 Å².